The minimum atomic E-state index is -0.269. The number of unbranched alkanes of at least 4 members (excludes halogenated alkanes) is 21. The first-order chi connectivity index (χ1) is 22.2. The van der Waals surface area contributed by atoms with Crippen molar-refractivity contribution in [3.8, 4) is 0 Å². The molecule has 0 amide bonds. The lowest BCUT2D eigenvalue weighted by atomic mass is 9.98. The van der Waals surface area contributed by atoms with Crippen LogP contribution in [0.1, 0.15) is 213 Å². The summed E-state index contributed by atoms with van der Waals surface area (Å²) in [6.45, 7) is 6.92. The minimum absolute atomic E-state index is 0.269. The molecule has 2 nitrogen and oxygen atoms in total. The number of hydrogen-bond acceptors (Lipinski definition) is 2. The maximum absolute atomic E-state index is 6.75. The third-order valence-corrected chi connectivity index (χ3v) is 10.2. The molecule has 2 rings (SSSR count). The SMILES string of the molecule is CCCCCC=CCC=CCCCCCCCCC1(CCCCCCCCCCCC=CCCCCC)OC2CC(C)CC2O1. The summed E-state index contributed by atoms with van der Waals surface area (Å²) in [6.07, 6.45) is 54.3. The second kappa shape index (κ2) is 28.2. The quantitative estimate of drug-likeness (QED) is 0.0563. The summed E-state index contributed by atoms with van der Waals surface area (Å²) in [5.74, 6) is 0.488. The molecule has 1 saturated heterocycles. The lowest BCUT2D eigenvalue weighted by Gasteiger charge is -2.30. The summed E-state index contributed by atoms with van der Waals surface area (Å²) in [5.41, 5.74) is 0. The van der Waals surface area contributed by atoms with E-state index in [1.807, 2.05) is 0 Å². The number of fused-ring (bicyclic) bond motifs is 1. The van der Waals surface area contributed by atoms with Crippen LogP contribution in [0, 0.1) is 5.92 Å². The Hall–Kier alpha value is -0.860. The van der Waals surface area contributed by atoms with Gasteiger partial charge in [0, 0.05) is 12.8 Å². The molecule has 2 aliphatic rings. The molecule has 0 N–H and O–H groups in total. The third-order valence-electron chi connectivity index (χ3n) is 10.2. The Kier molecular flexibility index (Phi) is 25.2. The van der Waals surface area contributed by atoms with Crippen molar-refractivity contribution in [2.45, 2.75) is 231 Å². The Morgan fingerprint density at radius 3 is 1.18 bits per heavy atom. The Labute approximate surface area is 282 Å². The largest absolute Gasteiger partial charge is 0.344 e. The van der Waals surface area contributed by atoms with Gasteiger partial charge in [-0.05, 0) is 89.4 Å². The molecule has 1 aliphatic heterocycles. The molecule has 0 aromatic carbocycles. The van der Waals surface area contributed by atoms with Crippen molar-refractivity contribution in [3.63, 3.8) is 0 Å². The van der Waals surface area contributed by atoms with Gasteiger partial charge in [0.25, 0.3) is 0 Å². The number of hydrogen-bond donors (Lipinski definition) is 0. The van der Waals surface area contributed by atoms with Crippen molar-refractivity contribution in [3.05, 3.63) is 36.5 Å². The van der Waals surface area contributed by atoms with Gasteiger partial charge in [-0.1, -0.05) is 154 Å². The van der Waals surface area contributed by atoms with Gasteiger partial charge >= 0.3 is 0 Å². The fraction of sp³-hybridized carbons (Fsp3) is 0.860. The third kappa shape index (κ3) is 20.9. The van der Waals surface area contributed by atoms with Crippen LogP contribution in [0.15, 0.2) is 36.5 Å². The van der Waals surface area contributed by atoms with Crippen molar-refractivity contribution in [1.29, 1.82) is 0 Å². The van der Waals surface area contributed by atoms with E-state index in [4.69, 9.17) is 9.47 Å². The zero-order valence-corrected chi connectivity index (χ0v) is 30.7. The molecule has 2 atom stereocenters. The van der Waals surface area contributed by atoms with E-state index in [1.165, 1.54) is 173 Å². The summed E-state index contributed by atoms with van der Waals surface area (Å²) >= 11 is 0. The van der Waals surface area contributed by atoms with Crippen molar-refractivity contribution in [2.75, 3.05) is 0 Å². The predicted octanol–water partition coefficient (Wildman–Crippen LogP) is 14.5. The minimum Gasteiger partial charge on any atom is -0.344 e. The van der Waals surface area contributed by atoms with Crippen LogP contribution in [-0.2, 0) is 9.47 Å². The van der Waals surface area contributed by atoms with Crippen LogP contribution in [0.2, 0.25) is 0 Å². The first-order valence-electron chi connectivity index (χ1n) is 20.5. The van der Waals surface area contributed by atoms with Gasteiger partial charge in [-0.25, -0.2) is 0 Å². The molecule has 2 heteroatoms. The number of rotatable bonds is 31. The molecule has 1 heterocycles. The smallest absolute Gasteiger partial charge is 0.169 e. The second-order valence-corrected chi connectivity index (χ2v) is 14.8. The van der Waals surface area contributed by atoms with Crippen LogP contribution < -0.4 is 0 Å². The molecule has 2 fully saturated rings. The zero-order valence-electron chi connectivity index (χ0n) is 30.7. The van der Waals surface area contributed by atoms with E-state index >= 15 is 0 Å². The molecule has 45 heavy (non-hydrogen) atoms. The monoisotopic (exact) mass is 627 g/mol. The van der Waals surface area contributed by atoms with Gasteiger partial charge in [0.15, 0.2) is 5.79 Å². The molecule has 0 spiro atoms. The highest BCUT2D eigenvalue weighted by molar-refractivity contribution is 4.94. The molecular formula is C43H78O2. The van der Waals surface area contributed by atoms with Crippen LogP contribution in [-0.4, -0.2) is 18.0 Å². The van der Waals surface area contributed by atoms with E-state index < -0.39 is 0 Å². The second-order valence-electron chi connectivity index (χ2n) is 14.8. The van der Waals surface area contributed by atoms with Gasteiger partial charge in [-0.2, -0.15) is 0 Å². The average molecular weight is 627 g/mol. The van der Waals surface area contributed by atoms with E-state index in [2.05, 4.69) is 57.2 Å². The Morgan fingerprint density at radius 1 is 0.444 bits per heavy atom. The van der Waals surface area contributed by atoms with Crippen molar-refractivity contribution >= 4 is 0 Å². The van der Waals surface area contributed by atoms with Gasteiger partial charge in [0.05, 0.1) is 12.2 Å². The fourth-order valence-corrected chi connectivity index (χ4v) is 7.41. The summed E-state index contributed by atoms with van der Waals surface area (Å²) < 4.78 is 13.5. The zero-order chi connectivity index (χ0) is 32.1. The highest BCUT2D eigenvalue weighted by Crippen LogP contribution is 2.45. The first kappa shape index (κ1) is 40.3. The molecule has 1 saturated carbocycles. The predicted molar refractivity (Wildman–Crippen MR) is 199 cm³/mol. The Morgan fingerprint density at radius 2 is 0.778 bits per heavy atom. The number of ether oxygens (including phenoxy) is 2. The maximum atomic E-state index is 6.75. The van der Waals surface area contributed by atoms with Gasteiger partial charge in [0.1, 0.15) is 0 Å². The fourth-order valence-electron chi connectivity index (χ4n) is 7.41. The van der Waals surface area contributed by atoms with Crippen LogP contribution >= 0.6 is 0 Å². The molecule has 1 aliphatic carbocycles. The summed E-state index contributed by atoms with van der Waals surface area (Å²) in [5, 5.41) is 0. The topological polar surface area (TPSA) is 18.5 Å². The van der Waals surface area contributed by atoms with Gasteiger partial charge in [-0.3, -0.25) is 0 Å². The van der Waals surface area contributed by atoms with E-state index in [-0.39, 0.29) is 5.79 Å². The lowest BCUT2D eigenvalue weighted by Crippen LogP contribution is -2.32. The molecule has 2 unspecified atom stereocenters. The summed E-state index contributed by atoms with van der Waals surface area (Å²) in [7, 11) is 0. The van der Waals surface area contributed by atoms with E-state index in [0.717, 1.165) is 25.2 Å². The highest BCUT2D eigenvalue weighted by Gasteiger charge is 2.50. The molecule has 0 aromatic rings. The van der Waals surface area contributed by atoms with Crippen molar-refractivity contribution < 1.29 is 9.47 Å². The van der Waals surface area contributed by atoms with Crippen LogP contribution in [0.3, 0.4) is 0 Å². The van der Waals surface area contributed by atoms with Crippen LogP contribution in [0.25, 0.3) is 0 Å². The number of allylic oxidation sites excluding steroid dienone is 6. The lowest BCUT2D eigenvalue weighted by molar-refractivity contribution is -0.192. The van der Waals surface area contributed by atoms with Gasteiger partial charge < -0.3 is 9.47 Å². The van der Waals surface area contributed by atoms with E-state index in [0.29, 0.717) is 12.2 Å². The van der Waals surface area contributed by atoms with Crippen molar-refractivity contribution in [2.24, 2.45) is 5.92 Å². The first-order valence-corrected chi connectivity index (χ1v) is 20.5. The normalized spacial score (nSPS) is 23.4. The molecular weight excluding hydrogens is 548 g/mol. The summed E-state index contributed by atoms with van der Waals surface area (Å²) in [4.78, 5) is 0. The van der Waals surface area contributed by atoms with Crippen LogP contribution in [0.4, 0.5) is 0 Å². The van der Waals surface area contributed by atoms with Crippen molar-refractivity contribution in [1.82, 2.24) is 0 Å². The maximum Gasteiger partial charge on any atom is 0.169 e. The van der Waals surface area contributed by atoms with Gasteiger partial charge in [-0.15, -0.1) is 0 Å². The Balaban J connectivity index is 1.48. The molecule has 0 radical (unpaired) electrons. The molecule has 0 aromatic heterocycles. The van der Waals surface area contributed by atoms with Gasteiger partial charge in [0.2, 0.25) is 0 Å². The highest BCUT2D eigenvalue weighted by atomic mass is 16.8. The molecule has 0 bridgehead atoms. The van der Waals surface area contributed by atoms with E-state index in [9.17, 15) is 0 Å². The van der Waals surface area contributed by atoms with Crippen LogP contribution in [0.5, 0.6) is 0 Å². The molecule has 262 valence electrons. The average Bonchev–Trinajstić information content (AvgIpc) is 3.54. The standard InChI is InChI=1S/C43H78O2/c1-4-6-8-10-12-14-16-18-20-22-24-26-28-30-32-34-36-43(44-41-38-40(3)39-42(41)45-43)37-35-33-31-29-27-25-23-21-19-17-15-13-11-9-7-5-2/h12-15,18,20,40-42H,4-11,16-17,19,21-39H2,1-3H3. The summed E-state index contributed by atoms with van der Waals surface area (Å²) in [6, 6.07) is 0. The van der Waals surface area contributed by atoms with E-state index in [1.54, 1.807) is 0 Å². The Bertz CT molecular complexity index is 722.